The number of pyridine rings is 1. The minimum atomic E-state index is -0.544. The van der Waals surface area contributed by atoms with Crippen LogP contribution in [0.15, 0.2) is 36.8 Å². The molecule has 4 rings (SSSR count). The van der Waals surface area contributed by atoms with E-state index in [4.69, 9.17) is 11.6 Å². The largest absolute Gasteiger partial charge is 0.322 e. The zero-order valence-corrected chi connectivity index (χ0v) is 14.0. The van der Waals surface area contributed by atoms with Crippen molar-refractivity contribution in [2.75, 3.05) is 0 Å². The fourth-order valence-electron chi connectivity index (χ4n) is 2.75. The highest BCUT2D eigenvalue weighted by molar-refractivity contribution is 6.28. The molecule has 0 saturated heterocycles. The molecule has 0 atom stereocenters. The summed E-state index contributed by atoms with van der Waals surface area (Å²) in [6.45, 7) is 3.13. The summed E-state index contributed by atoms with van der Waals surface area (Å²) in [4.78, 5) is 21.0. The zero-order valence-electron chi connectivity index (χ0n) is 13.3. The lowest BCUT2D eigenvalue weighted by atomic mass is 10.3. The van der Waals surface area contributed by atoms with Crippen molar-refractivity contribution in [1.29, 1.82) is 0 Å². The third-order valence-corrected chi connectivity index (χ3v) is 4.01. The normalized spacial score (nSPS) is 11.3. The highest BCUT2D eigenvalue weighted by Gasteiger charge is 2.15. The van der Waals surface area contributed by atoms with Gasteiger partial charge in [-0.15, -0.1) is 0 Å². The van der Waals surface area contributed by atoms with Crippen molar-refractivity contribution in [2.45, 2.75) is 20.0 Å². The Morgan fingerprint density at radius 2 is 2.04 bits per heavy atom. The first-order valence-corrected chi connectivity index (χ1v) is 8.05. The zero-order chi connectivity index (χ0) is 17.4. The Hall–Kier alpha value is -2.87. The molecule has 0 saturated carbocycles. The molecule has 7 nitrogen and oxygen atoms in total. The summed E-state index contributed by atoms with van der Waals surface area (Å²) in [5, 5.41) is 0.181. The highest BCUT2D eigenvalue weighted by atomic mass is 35.5. The fraction of sp³-hybridized carbons (Fsp3) is 0.188. The van der Waals surface area contributed by atoms with Crippen molar-refractivity contribution in [3.05, 3.63) is 53.8 Å². The maximum Gasteiger partial charge on any atom is 0.224 e. The molecule has 0 aromatic carbocycles. The van der Waals surface area contributed by atoms with E-state index in [1.807, 2.05) is 16.1 Å². The van der Waals surface area contributed by atoms with Crippen LogP contribution in [0.5, 0.6) is 0 Å². The predicted octanol–water partition coefficient (Wildman–Crippen LogP) is 2.95. The Labute approximate surface area is 147 Å². The quantitative estimate of drug-likeness (QED) is 0.414. The number of hydrogen-bond acceptors (Lipinski definition) is 5. The molecule has 4 heterocycles. The smallest absolute Gasteiger partial charge is 0.224 e. The second-order valence-electron chi connectivity index (χ2n) is 5.34. The molecule has 25 heavy (non-hydrogen) atoms. The summed E-state index contributed by atoms with van der Waals surface area (Å²) >= 11 is 5.90. The molecule has 9 heteroatoms. The molecular weight excluding hydrogens is 345 g/mol. The van der Waals surface area contributed by atoms with Crippen LogP contribution in [0.4, 0.5) is 4.39 Å². The Balaban J connectivity index is 1.77. The molecule has 0 unspecified atom stereocenters. The summed E-state index contributed by atoms with van der Waals surface area (Å²) in [6.07, 6.45) is 5.06. The van der Waals surface area contributed by atoms with E-state index in [9.17, 15) is 4.39 Å². The topological polar surface area (TPSA) is 74.3 Å². The Morgan fingerprint density at radius 3 is 2.84 bits per heavy atom. The van der Waals surface area contributed by atoms with Gasteiger partial charge in [-0.1, -0.05) is 6.07 Å². The van der Waals surface area contributed by atoms with Crippen LogP contribution < -0.4 is 0 Å². The Kier molecular flexibility index (Phi) is 3.89. The van der Waals surface area contributed by atoms with E-state index in [1.165, 1.54) is 6.07 Å². The van der Waals surface area contributed by atoms with Crippen LogP contribution in [0.3, 0.4) is 0 Å². The van der Waals surface area contributed by atoms with Gasteiger partial charge < -0.3 is 9.13 Å². The summed E-state index contributed by atoms with van der Waals surface area (Å²) in [6, 6.07) is 4.63. The first-order valence-electron chi connectivity index (χ1n) is 7.67. The van der Waals surface area contributed by atoms with Crippen molar-refractivity contribution < 1.29 is 4.39 Å². The summed E-state index contributed by atoms with van der Waals surface area (Å²) in [7, 11) is 0. The third kappa shape index (κ3) is 2.85. The first-order chi connectivity index (χ1) is 12.2. The van der Waals surface area contributed by atoms with Crippen LogP contribution in [0.1, 0.15) is 12.7 Å². The monoisotopic (exact) mass is 357 g/mol. The van der Waals surface area contributed by atoms with Crippen LogP contribution in [0.25, 0.3) is 22.7 Å². The van der Waals surface area contributed by atoms with Crippen molar-refractivity contribution in [3.63, 3.8) is 0 Å². The first kappa shape index (κ1) is 15.6. The molecule has 0 bridgehead atoms. The maximum atomic E-state index is 13.4. The summed E-state index contributed by atoms with van der Waals surface area (Å²) in [5.74, 6) is 0.806. The van der Waals surface area contributed by atoms with Gasteiger partial charge in [-0.3, -0.25) is 0 Å². The average Bonchev–Trinajstić information content (AvgIpc) is 3.19. The van der Waals surface area contributed by atoms with Crippen molar-refractivity contribution in [2.24, 2.45) is 0 Å². The van der Waals surface area contributed by atoms with Crippen LogP contribution >= 0.6 is 11.6 Å². The molecule has 0 fully saturated rings. The summed E-state index contributed by atoms with van der Waals surface area (Å²) in [5.41, 5.74) is 1.82. The Bertz CT molecular complexity index is 1060. The standard InChI is InChI=1S/C16H13ClFN7/c1-2-25-13(22-11-8-20-16(17)23-15(11)25)9-24-7-6-19-14(24)10-4-3-5-12(18)21-10/h3-8H,2,9H2,1H3. The summed E-state index contributed by atoms with van der Waals surface area (Å²) < 4.78 is 17.3. The predicted molar refractivity (Wildman–Crippen MR) is 90.5 cm³/mol. The van der Waals surface area contributed by atoms with Gasteiger partial charge in [0.15, 0.2) is 11.5 Å². The SMILES string of the molecule is CCn1c(Cn2ccnc2-c2cccc(F)n2)nc2cnc(Cl)nc21. The van der Waals surface area contributed by atoms with Crippen molar-refractivity contribution in [1.82, 2.24) is 34.1 Å². The van der Waals surface area contributed by atoms with Crippen molar-refractivity contribution in [3.8, 4) is 11.5 Å². The molecule has 0 radical (unpaired) electrons. The fourth-order valence-corrected chi connectivity index (χ4v) is 2.88. The van der Waals surface area contributed by atoms with E-state index in [2.05, 4.69) is 24.9 Å². The Morgan fingerprint density at radius 1 is 1.16 bits per heavy atom. The van der Waals surface area contributed by atoms with E-state index in [-0.39, 0.29) is 5.28 Å². The lowest BCUT2D eigenvalue weighted by Crippen LogP contribution is -2.09. The molecule has 0 aliphatic rings. The maximum absolute atomic E-state index is 13.4. The van der Waals surface area contributed by atoms with E-state index >= 15 is 0 Å². The van der Waals surface area contributed by atoms with Gasteiger partial charge in [-0.2, -0.15) is 9.37 Å². The number of halogens is 2. The van der Waals surface area contributed by atoms with Crippen LogP contribution in [-0.4, -0.2) is 34.1 Å². The highest BCUT2D eigenvalue weighted by Crippen LogP contribution is 2.19. The van der Waals surface area contributed by atoms with Crippen molar-refractivity contribution >= 4 is 22.8 Å². The molecule has 0 aliphatic carbocycles. The number of nitrogens with zero attached hydrogens (tertiary/aromatic N) is 7. The van der Waals surface area contributed by atoms with Gasteiger partial charge in [-0.05, 0) is 30.7 Å². The van der Waals surface area contributed by atoms with Crippen LogP contribution in [0.2, 0.25) is 5.28 Å². The van der Waals surface area contributed by atoms with E-state index < -0.39 is 5.95 Å². The number of imidazole rings is 2. The average molecular weight is 358 g/mol. The molecule has 4 aromatic heterocycles. The molecule has 0 spiro atoms. The second-order valence-corrected chi connectivity index (χ2v) is 5.68. The van der Waals surface area contributed by atoms with Gasteiger partial charge in [0, 0.05) is 18.9 Å². The van der Waals surface area contributed by atoms with E-state index in [0.717, 1.165) is 5.82 Å². The van der Waals surface area contributed by atoms with Gasteiger partial charge in [0.25, 0.3) is 0 Å². The van der Waals surface area contributed by atoms with Gasteiger partial charge in [0.05, 0.1) is 12.7 Å². The van der Waals surface area contributed by atoms with Gasteiger partial charge in [-0.25, -0.2) is 19.9 Å². The van der Waals surface area contributed by atoms with E-state index in [1.54, 1.807) is 30.7 Å². The number of hydrogen-bond donors (Lipinski definition) is 0. The van der Waals surface area contributed by atoms with Gasteiger partial charge in [0.2, 0.25) is 11.2 Å². The van der Waals surface area contributed by atoms with Gasteiger partial charge >= 0.3 is 0 Å². The molecular formula is C16H13ClFN7. The number of aromatic nitrogens is 7. The van der Waals surface area contributed by atoms with Crippen LogP contribution in [-0.2, 0) is 13.1 Å². The van der Waals surface area contributed by atoms with Gasteiger partial charge in [0.1, 0.15) is 17.0 Å². The molecule has 126 valence electrons. The molecule has 0 aliphatic heterocycles. The number of aryl methyl sites for hydroxylation is 1. The minimum Gasteiger partial charge on any atom is -0.322 e. The lowest BCUT2D eigenvalue weighted by molar-refractivity contribution is 0.584. The van der Waals surface area contributed by atoms with E-state index in [0.29, 0.717) is 35.8 Å². The molecule has 4 aromatic rings. The minimum absolute atomic E-state index is 0.181. The second kappa shape index (κ2) is 6.21. The lowest BCUT2D eigenvalue weighted by Gasteiger charge is -2.09. The third-order valence-electron chi connectivity index (χ3n) is 3.83. The molecule has 0 N–H and O–H groups in total. The van der Waals surface area contributed by atoms with Crippen LogP contribution in [0, 0.1) is 5.95 Å². The number of rotatable bonds is 4. The molecule has 0 amide bonds. The number of fused-ring (bicyclic) bond motifs is 1.